The van der Waals surface area contributed by atoms with Crippen LogP contribution in [0.4, 0.5) is 0 Å². The van der Waals surface area contributed by atoms with Gasteiger partial charge in [-0.3, -0.25) is 0 Å². The molecule has 0 spiro atoms. The highest BCUT2D eigenvalue weighted by Gasteiger charge is 2.30. The zero-order valence-corrected chi connectivity index (χ0v) is 11.2. The topological polar surface area (TPSA) is 88.4 Å². The smallest absolute Gasteiger partial charge is 0.244 e. The quantitative estimate of drug-likeness (QED) is 0.824. The molecule has 2 rings (SSSR count). The number of nitrogens with two attached hydrogens (primary N) is 1. The lowest BCUT2D eigenvalue weighted by Gasteiger charge is -2.31. The van der Waals surface area contributed by atoms with Crippen molar-refractivity contribution < 1.29 is 13.2 Å². The van der Waals surface area contributed by atoms with E-state index in [1.54, 1.807) is 6.07 Å². The molecule has 3 N–H and O–H groups in total. The molecule has 0 aliphatic carbocycles. The molecule has 1 saturated heterocycles. The number of aromatic amines is 1. The van der Waals surface area contributed by atoms with E-state index in [9.17, 15) is 8.42 Å². The van der Waals surface area contributed by atoms with Crippen LogP contribution in [0.5, 0.6) is 0 Å². The molecule has 0 aromatic carbocycles. The molecule has 18 heavy (non-hydrogen) atoms. The number of hydrogen-bond donors (Lipinski definition) is 2. The largest absolute Gasteiger partial charge is 0.375 e. The molecular weight excluding hydrogens is 254 g/mol. The van der Waals surface area contributed by atoms with Crippen molar-refractivity contribution in [1.82, 2.24) is 9.29 Å². The fraction of sp³-hybridized carbons (Fsp3) is 0.636. The lowest BCUT2D eigenvalue weighted by molar-refractivity contribution is -0.00277. The van der Waals surface area contributed by atoms with Crippen LogP contribution < -0.4 is 5.73 Å². The molecule has 1 aliphatic heterocycles. The lowest BCUT2D eigenvalue weighted by atomic mass is 10.2. The van der Waals surface area contributed by atoms with Gasteiger partial charge in [0, 0.05) is 31.5 Å². The maximum absolute atomic E-state index is 12.4. The molecule has 1 aliphatic rings. The molecule has 0 amide bonds. The molecule has 0 radical (unpaired) electrons. The van der Waals surface area contributed by atoms with E-state index >= 15 is 0 Å². The summed E-state index contributed by atoms with van der Waals surface area (Å²) >= 11 is 0. The third-order valence-corrected chi connectivity index (χ3v) is 4.97. The monoisotopic (exact) mass is 273 g/mol. The van der Waals surface area contributed by atoms with E-state index in [1.807, 2.05) is 6.92 Å². The first-order valence-electron chi connectivity index (χ1n) is 6.07. The highest BCUT2D eigenvalue weighted by atomic mass is 32.2. The maximum atomic E-state index is 12.4. The van der Waals surface area contributed by atoms with Gasteiger partial charge in [0.2, 0.25) is 10.0 Å². The number of rotatable bonds is 4. The second-order valence-corrected chi connectivity index (χ2v) is 6.27. The Morgan fingerprint density at radius 2 is 2.39 bits per heavy atom. The van der Waals surface area contributed by atoms with E-state index in [4.69, 9.17) is 10.5 Å². The predicted octanol–water partition coefficient (Wildman–Crippen LogP) is 0.273. The van der Waals surface area contributed by atoms with Gasteiger partial charge in [-0.15, -0.1) is 0 Å². The van der Waals surface area contributed by atoms with Crippen LogP contribution in [0.15, 0.2) is 17.2 Å². The number of nitrogens with one attached hydrogen (secondary N) is 1. The van der Waals surface area contributed by atoms with Crippen LogP contribution in [-0.2, 0) is 21.3 Å². The number of sulfonamides is 1. The maximum Gasteiger partial charge on any atom is 0.244 e. The Balaban J connectivity index is 2.19. The average molecular weight is 273 g/mol. The minimum absolute atomic E-state index is 0.0126. The third kappa shape index (κ3) is 2.59. The second-order valence-electron chi connectivity index (χ2n) is 4.33. The van der Waals surface area contributed by atoms with Crippen molar-refractivity contribution in [2.24, 2.45) is 5.73 Å². The fourth-order valence-corrected chi connectivity index (χ4v) is 3.47. The summed E-state index contributed by atoms with van der Waals surface area (Å²) in [7, 11) is -3.43. The van der Waals surface area contributed by atoms with E-state index in [1.165, 1.54) is 10.5 Å². The zero-order chi connectivity index (χ0) is 13.2. The molecule has 0 saturated carbocycles. The number of nitrogens with zero attached hydrogens (tertiary/aromatic N) is 1. The van der Waals surface area contributed by atoms with Gasteiger partial charge in [0.05, 0.1) is 17.6 Å². The zero-order valence-electron chi connectivity index (χ0n) is 10.4. The molecular formula is C11H19N3O3S. The molecule has 1 unspecified atom stereocenters. The number of H-pyrrole nitrogens is 1. The summed E-state index contributed by atoms with van der Waals surface area (Å²) in [6, 6.07) is 1.59. The van der Waals surface area contributed by atoms with Gasteiger partial charge in [-0.25, -0.2) is 8.42 Å². The van der Waals surface area contributed by atoms with E-state index in [-0.39, 0.29) is 11.0 Å². The van der Waals surface area contributed by atoms with Gasteiger partial charge in [0.15, 0.2) is 0 Å². The Hall–Kier alpha value is -0.890. The van der Waals surface area contributed by atoms with Crippen molar-refractivity contribution in [2.75, 3.05) is 19.7 Å². The standard InChI is InChI=1S/C11H19N3O3S/c1-2-10-8-14(3-4-17-10)18(15,16)11-5-9(6-12)13-7-11/h5,7,10,13H,2-4,6,8,12H2,1H3. The molecule has 2 heterocycles. The highest BCUT2D eigenvalue weighted by Crippen LogP contribution is 2.20. The molecule has 6 nitrogen and oxygen atoms in total. The van der Waals surface area contributed by atoms with Crippen LogP contribution in [0.2, 0.25) is 0 Å². The van der Waals surface area contributed by atoms with Crippen molar-refractivity contribution in [1.29, 1.82) is 0 Å². The first-order chi connectivity index (χ1) is 8.57. The minimum Gasteiger partial charge on any atom is -0.375 e. The Labute approximate surface area is 107 Å². The Bertz CT molecular complexity index is 497. The van der Waals surface area contributed by atoms with Gasteiger partial charge in [0.25, 0.3) is 0 Å². The third-order valence-electron chi connectivity index (χ3n) is 3.13. The van der Waals surface area contributed by atoms with Crippen LogP contribution in [0.1, 0.15) is 19.0 Å². The summed E-state index contributed by atoms with van der Waals surface area (Å²) in [4.78, 5) is 3.14. The number of morpholine rings is 1. The van der Waals surface area contributed by atoms with E-state index < -0.39 is 10.0 Å². The molecule has 102 valence electrons. The van der Waals surface area contributed by atoms with Gasteiger partial charge >= 0.3 is 0 Å². The molecule has 7 heteroatoms. The fourth-order valence-electron chi connectivity index (χ4n) is 1.99. The number of hydrogen-bond acceptors (Lipinski definition) is 4. The summed E-state index contributed by atoms with van der Waals surface area (Å²) in [5.74, 6) is 0. The van der Waals surface area contributed by atoms with Gasteiger partial charge in [-0.2, -0.15) is 4.31 Å². The summed E-state index contributed by atoms with van der Waals surface area (Å²) in [5, 5.41) is 0. The van der Waals surface area contributed by atoms with Gasteiger partial charge in [-0.1, -0.05) is 6.92 Å². The van der Waals surface area contributed by atoms with Crippen molar-refractivity contribution in [3.8, 4) is 0 Å². The predicted molar refractivity (Wildman–Crippen MR) is 67.5 cm³/mol. The Kier molecular flexibility index (Phi) is 4.06. The average Bonchev–Trinajstić information content (AvgIpc) is 2.88. The minimum atomic E-state index is -3.43. The first kappa shape index (κ1) is 13.5. The molecule has 1 aromatic rings. The van der Waals surface area contributed by atoms with Crippen LogP contribution >= 0.6 is 0 Å². The van der Waals surface area contributed by atoms with Gasteiger partial charge in [-0.05, 0) is 12.5 Å². The van der Waals surface area contributed by atoms with E-state index in [0.29, 0.717) is 31.9 Å². The summed E-state index contributed by atoms with van der Waals surface area (Å²) in [6.45, 7) is 3.57. The highest BCUT2D eigenvalue weighted by molar-refractivity contribution is 7.89. The summed E-state index contributed by atoms with van der Waals surface area (Å²) in [6.07, 6.45) is 2.29. The van der Waals surface area contributed by atoms with Crippen molar-refractivity contribution in [2.45, 2.75) is 30.9 Å². The van der Waals surface area contributed by atoms with E-state index in [0.717, 1.165) is 6.42 Å². The Morgan fingerprint density at radius 3 is 3.00 bits per heavy atom. The normalized spacial score (nSPS) is 22.2. The van der Waals surface area contributed by atoms with E-state index in [2.05, 4.69) is 4.98 Å². The SMILES string of the molecule is CCC1CN(S(=O)(=O)c2c[nH]c(CN)c2)CCO1. The number of ether oxygens (including phenoxy) is 1. The second kappa shape index (κ2) is 5.40. The molecule has 0 bridgehead atoms. The van der Waals surface area contributed by atoms with Crippen LogP contribution in [-0.4, -0.2) is 43.5 Å². The lowest BCUT2D eigenvalue weighted by Crippen LogP contribution is -2.45. The van der Waals surface area contributed by atoms with Crippen molar-refractivity contribution in [3.63, 3.8) is 0 Å². The van der Waals surface area contributed by atoms with Crippen LogP contribution in [0.3, 0.4) is 0 Å². The molecule has 1 aromatic heterocycles. The van der Waals surface area contributed by atoms with Crippen molar-refractivity contribution >= 4 is 10.0 Å². The summed E-state index contributed by atoms with van der Waals surface area (Å²) in [5.41, 5.74) is 6.19. The summed E-state index contributed by atoms with van der Waals surface area (Å²) < 4.78 is 31.7. The molecule has 1 fully saturated rings. The van der Waals surface area contributed by atoms with Gasteiger partial charge < -0.3 is 15.5 Å². The van der Waals surface area contributed by atoms with Gasteiger partial charge in [0.1, 0.15) is 0 Å². The Morgan fingerprint density at radius 1 is 1.61 bits per heavy atom. The first-order valence-corrected chi connectivity index (χ1v) is 7.51. The van der Waals surface area contributed by atoms with Crippen LogP contribution in [0, 0.1) is 0 Å². The van der Waals surface area contributed by atoms with Crippen LogP contribution in [0.25, 0.3) is 0 Å². The molecule has 1 atom stereocenters. The number of aromatic nitrogens is 1. The van der Waals surface area contributed by atoms with Crippen molar-refractivity contribution in [3.05, 3.63) is 18.0 Å².